The van der Waals surface area contributed by atoms with Crippen LogP contribution in [0.3, 0.4) is 0 Å². The average molecular weight is 364 g/mol. The van der Waals surface area contributed by atoms with E-state index >= 15 is 0 Å². The van der Waals surface area contributed by atoms with E-state index in [1.807, 2.05) is 0 Å². The summed E-state index contributed by atoms with van der Waals surface area (Å²) in [6.07, 6.45) is 0.338. The van der Waals surface area contributed by atoms with Crippen LogP contribution in [0.4, 0.5) is 4.39 Å². The summed E-state index contributed by atoms with van der Waals surface area (Å²) in [5.74, 6) is 0.153. The van der Waals surface area contributed by atoms with E-state index in [4.69, 9.17) is 14.0 Å². The molecule has 0 aliphatic heterocycles. The third-order valence-electron chi connectivity index (χ3n) is 4.62. The van der Waals surface area contributed by atoms with Crippen molar-refractivity contribution in [2.75, 3.05) is 14.2 Å². The number of nitrogens with zero attached hydrogens (tertiary/aromatic N) is 2. The van der Waals surface area contributed by atoms with Crippen molar-refractivity contribution in [1.29, 1.82) is 0 Å². The lowest BCUT2D eigenvalue weighted by atomic mass is 10.1. The fourth-order valence-corrected chi connectivity index (χ4v) is 3.10. The summed E-state index contributed by atoms with van der Waals surface area (Å²) in [5, 5.41) is 14.0. The summed E-state index contributed by atoms with van der Waals surface area (Å²) in [4.78, 5) is 14.0. The van der Waals surface area contributed by atoms with Gasteiger partial charge in [0.25, 0.3) is 5.91 Å². The molecule has 8 heteroatoms. The smallest absolute Gasteiger partial charge is 0.276 e. The number of carbonyl (C=O) groups excluding carboxylic acids is 1. The number of ether oxygens (including phenoxy) is 2. The Morgan fingerprint density at radius 2 is 2.12 bits per heavy atom. The number of hydrogen-bond acceptors (Lipinski definition) is 6. The highest BCUT2D eigenvalue weighted by molar-refractivity contribution is 5.92. The lowest BCUT2D eigenvalue weighted by molar-refractivity contribution is -0.0157. The Balaban J connectivity index is 1.60. The standard InChI is InChI=1S/C18H21FN2O5/c1-21(15-7-8-16(24-2)17(15)22)18(23)14-9-13(26-20-14)10-25-12-5-3-11(19)4-6-12/h3-6,9,15-17,22H,7-8,10H2,1-2H3/t15-,16-,17-/m1/s1. The second-order valence-electron chi connectivity index (χ2n) is 6.25. The molecule has 1 fully saturated rings. The third-order valence-corrected chi connectivity index (χ3v) is 4.62. The fourth-order valence-electron chi connectivity index (χ4n) is 3.10. The Morgan fingerprint density at radius 1 is 1.38 bits per heavy atom. The zero-order valence-electron chi connectivity index (χ0n) is 14.6. The number of halogens is 1. The number of carbonyl (C=O) groups is 1. The van der Waals surface area contributed by atoms with Crippen LogP contribution in [0.5, 0.6) is 5.75 Å². The highest BCUT2D eigenvalue weighted by Crippen LogP contribution is 2.27. The van der Waals surface area contributed by atoms with Gasteiger partial charge in [0.15, 0.2) is 11.5 Å². The number of hydrogen-bond donors (Lipinski definition) is 1. The minimum absolute atomic E-state index is 0.0629. The molecule has 1 heterocycles. The van der Waals surface area contributed by atoms with Crippen molar-refractivity contribution < 1.29 is 28.3 Å². The van der Waals surface area contributed by atoms with Gasteiger partial charge in [-0.15, -0.1) is 0 Å². The summed E-state index contributed by atoms with van der Waals surface area (Å²) in [7, 11) is 3.17. The van der Waals surface area contributed by atoms with E-state index in [2.05, 4.69) is 5.16 Å². The molecular weight excluding hydrogens is 343 g/mol. The molecule has 26 heavy (non-hydrogen) atoms. The first-order valence-electron chi connectivity index (χ1n) is 8.31. The highest BCUT2D eigenvalue weighted by Gasteiger charge is 2.39. The van der Waals surface area contributed by atoms with Crippen LogP contribution >= 0.6 is 0 Å². The second kappa shape index (κ2) is 7.84. The summed E-state index contributed by atoms with van der Waals surface area (Å²) in [5.41, 5.74) is 0.137. The van der Waals surface area contributed by atoms with Gasteiger partial charge in [0, 0.05) is 20.2 Å². The SMILES string of the molecule is CO[C@@H]1CC[C@@H](N(C)C(=O)c2cc(COc3ccc(F)cc3)on2)[C@H]1O. The van der Waals surface area contributed by atoms with Gasteiger partial charge in [0.05, 0.1) is 12.1 Å². The van der Waals surface area contributed by atoms with E-state index in [1.54, 1.807) is 14.2 Å². The summed E-state index contributed by atoms with van der Waals surface area (Å²) in [6, 6.07) is 6.75. The molecule has 1 saturated carbocycles. The molecule has 1 aliphatic carbocycles. The van der Waals surface area contributed by atoms with Crippen molar-refractivity contribution in [1.82, 2.24) is 10.1 Å². The van der Waals surface area contributed by atoms with Gasteiger partial charge in [-0.05, 0) is 37.1 Å². The van der Waals surface area contributed by atoms with Crippen molar-refractivity contribution in [2.45, 2.75) is 37.7 Å². The molecule has 0 radical (unpaired) electrons. The van der Waals surface area contributed by atoms with E-state index < -0.39 is 6.10 Å². The molecule has 0 saturated heterocycles. The number of likely N-dealkylation sites (N-methyl/N-ethyl adjacent to an activating group) is 1. The zero-order chi connectivity index (χ0) is 18.7. The number of aromatic nitrogens is 1. The minimum atomic E-state index is -0.734. The van der Waals surface area contributed by atoms with Gasteiger partial charge in [0.1, 0.15) is 24.3 Å². The van der Waals surface area contributed by atoms with E-state index in [-0.39, 0.29) is 36.2 Å². The molecule has 7 nitrogen and oxygen atoms in total. The fraction of sp³-hybridized carbons (Fsp3) is 0.444. The van der Waals surface area contributed by atoms with Crippen LogP contribution in [-0.4, -0.2) is 53.5 Å². The maximum atomic E-state index is 12.9. The molecular formula is C18H21FN2O5. The molecule has 2 aromatic rings. The quantitative estimate of drug-likeness (QED) is 0.844. The van der Waals surface area contributed by atoms with Gasteiger partial charge in [-0.25, -0.2) is 4.39 Å². The molecule has 1 aromatic heterocycles. The summed E-state index contributed by atoms with van der Waals surface area (Å²) >= 11 is 0. The first-order chi connectivity index (χ1) is 12.5. The van der Waals surface area contributed by atoms with Crippen molar-refractivity contribution in [3.8, 4) is 5.75 Å². The monoisotopic (exact) mass is 364 g/mol. The normalized spacial score (nSPS) is 22.4. The van der Waals surface area contributed by atoms with Crippen LogP contribution in [0.25, 0.3) is 0 Å². The number of aliphatic hydroxyl groups excluding tert-OH is 1. The number of methoxy groups -OCH3 is 1. The van der Waals surface area contributed by atoms with Crippen LogP contribution < -0.4 is 4.74 Å². The minimum Gasteiger partial charge on any atom is -0.486 e. The third kappa shape index (κ3) is 3.86. The Hall–Kier alpha value is -2.45. The molecule has 1 aliphatic rings. The van der Waals surface area contributed by atoms with Crippen LogP contribution in [-0.2, 0) is 11.3 Å². The Labute approximate surface area is 150 Å². The number of benzene rings is 1. The first-order valence-corrected chi connectivity index (χ1v) is 8.31. The van der Waals surface area contributed by atoms with E-state index in [0.717, 1.165) is 0 Å². The van der Waals surface area contributed by atoms with Crippen LogP contribution in [0, 0.1) is 5.82 Å². The van der Waals surface area contributed by atoms with Crippen LogP contribution in [0.15, 0.2) is 34.9 Å². The van der Waals surface area contributed by atoms with Gasteiger partial charge in [0.2, 0.25) is 0 Å². The van der Waals surface area contributed by atoms with Crippen molar-refractivity contribution >= 4 is 5.91 Å². The molecule has 0 unspecified atom stereocenters. The molecule has 140 valence electrons. The van der Waals surface area contributed by atoms with Crippen LogP contribution in [0.2, 0.25) is 0 Å². The number of amides is 1. The Morgan fingerprint density at radius 3 is 2.77 bits per heavy atom. The molecule has 0 bridgehead atoms. The van der Waals surface area contributed by atoms with Gasteiger partial charge in [-0.2, -0.15) is 0 Å². The first kappa shape index (κ1) is 18.3. The van der Waals surface area contributed by atoms with E-state index in [9.17, 15) is 14.3 Å². The molecule has 0 spiro atoms. The van der Waals surface area contributed by atoms with Crippen molar-refractivity contribution in [3.05, 3.63) is 47.6 Å². The van der Waals surface area contributed by atoms with Gasteiger partial charge in [-0.3, -0.25) is 4.79 Å². The second-order valence-corrected chi connectivity index (χ2v) is 6.25. The maximum Gasteiger partial charge on any atom is 0.276 e. The molecule has 1 N–H and O–H groups in total. The maximum absolute atomic E-state index is 12.9. The topological polar surface area (TPSA) is 85.0 Å². The number of rotatable bonds is 6. The molecule has 1 amide bonds. The Kier molecular flexibility index (Phi) is 5.53. The molecule has 3 atom stereocenters. The lowest BCUT2D eigenvalue weighted by Gasteiger charge is -2.27. The van der Waals surface area contributed by atoms with Crippen LogP contribution in [0.1, 0.15) is 29.1 Å². The predicted molar refractivity (Wildman–Crippen MR) is 89.2 cm³/mol. The lowest BCUT2D eigenvalue weighted by Crippen LogP contribution is -2.44. The predicted octanol–water partition coefficient (Wildman–Crippen LogP) is 2.00. The van der Waals surface area contributed by atoms with Gasteiger partial charge in [-0.1, -0.05) is 5.16 Å². The zero-order valence-corrected chi connectivity index (χ0v) is 14.6. The molecule has 1 aromatic carbocycles. The molecule has 3 rings (SSSR count). The Bertz CT molecular complexity index is 748. The summed E-state index contributed by atoms with van der Waals surface area (Å²) < 4.78 is 28.7. The van der Waals surface area contributed by atoms with Crippen molar-refractivity contribution in [3.63, 3.8) is 0 Å². The van der Waals surface area contributed by atoms with Gasteiger partial charge >= 0.3 is 0 Å². The number of aliphatic hydroxyl groups is 1. The average Bonchev–Trinajstić information content (AvgIpc) is 3.26. The van der Waals surface area contributed by atoms with E-state index in [0.29, 0.717) is 24.4 Å². The largest absolute Gasteiger partial charge is 0.486 e. The van der Waals surface area contributed by atoms with Gasteiger partial charge < -0.3 is 24.0 Å². The highest BCUT2D eigenvalue weighted by atomic mass is 19.1. The van der Waals surface area contributed by atoms with E-state index in [1.165, 1.54) is 35.2 Å². The van der Waals surface area contributed by atoms with Crippen molar-refractivity contribution in [2.24, 2.45) is 0 Å². The summed E-state index contributed by atoms with van der Waals surface area (Å²) in [6.45, 7) is 0.0629.